The van der Waals surface area contributed by atoms with Crippen molar-refractivity contribution in [2.24, 2.45) is 0 Å². The Balaban J connectivity index is 2.06. The van der Waals surface area contributed by atoms with Crippen LogP contribution in [-0.2, 0) is 4.74 Å². The minimum atomic E-state index is -0.690. The van der Waals surface area contributed by atoms with Gasteiger partial charge < -0.3 is 4.74 Å². The standard InChI is InChI=1S/C16H17NO2/c1-16(8-4-5-9-19-16)15(18)14-11-17-10-12-6-2-3-7-13(12)14/h2-3,6-7,10-11H,4-5,8-9H2,1H3. The number of pyridine rings is 1. The lowest BCUT2D eigenvalue weighted by molar-refractivity contribution is -0.0425. The molecule has 1 unspecified atom stereocenters. The highest BCUT2D eigenvalue weighted by Crippen LogP contribution is 2.30. The second-order valence-electron chi connectivity index (χ2n) is 5.27. The van der Waals surface area contributed by atoms with Gasteiger partial charge in [-0.3, -0.25) is 9.78 Å². The van der Waals surface area contributed by atoms with Gasteiger partial charge in [-0.15, -0.1) is 0 Å². The molecule has 2 aromatic rings. The SMILES string of the molecule is CC1(C(=O)c2cncc3ccccc23)CCCCO1. The van der Waals surface area contributed by atoms with E-state index in [0.717, 1.165) is 30.0 Å². The first-order valence-corrected chi connectivity index (χ1v) is 6.72. The third-order valence-electron chi connectivity index (χ3n) is 3.86. The number of aromatic nitrogens is 1. The number of benzene rings is 1. The Labute approximate surface area is 112 Å². The van der Waals surface area contributed by atoms with Crippen molar-refractivity contribution in [1.82, 2.24) is 4.98 Å². The highest BCUT2D eigenvalue weighted by atomic mass is 16.5. The Morgan fingerprint density at radius 1 is 1.26 bits per heavy atom. The molecule has 1 aliphatic heterocycles. The number of Topliss-reactive ketones (excluding diaryl/α,β-unsaturated/α-hetero) is 1. The largest absolute Gasteiger partial charge is 0.367 e. The van der Waals surface area contributed by atoms with Crippen molar-refractivity contribution in [2.45, 2.75) is 31.8 Å². The second-order valence-corrected chi connectivity index (χ2v) is 5.27. The molecule has 1 aromatic carbocycles. The molecule has 3 nitrogen and oxygen atoms in total. The molecule has 0 N–H and O–H groups in total. The summed E-state index contributed by atoms with van der Waals surface area (Å²) in [5.74, 6) is 0.0523. The summed E-state index contributed by atoms with van der Waals surface area (Å²) in [6, 6.07) is 7.85. The number of fused-ring (bicyclic) bond motifs is 1. The molecule has 19 heavy (non-hydrogen) atoms. The highest BCUT2D eigenvalue weighted by Gasteiger charge is 2.37. The molecule has 1 fully saturated rings. The van der Waals surface area contributed by atoms with E-state index >= 15 is 0 Å². The highest BCUT2D eigenvalue weighted by molar-refractivity contribution is 6.11. The summed E-state index contributed by atoms with van der Waals surface area (Å²) in [5.41, 5.74) is -0.0214. The summed E-state index contributed by atoms with van der Waals surface area (Å²) < 4.78 is 5.75. The Bertz CT molecular complexity index is 610. The van der Waals surface area contributed by atoms with E-state index in [1.54, 1.807) is 12.4 Å². The summed E-state index contributed by atoms with van der Waals surface area (Å²) in [6.45, 7) is 2.57. The molecule has 1 atom stereocenters. The third-order valence-corrected chi connectivity index (χ3v) is 3.86. The fourth-order valence-corrected chi connectivity index (χ4v) is 2.70. The predicted molar refractivity (Wildman–Crippen MR) is 74.3 cm³/mol. The van der Waals surface area contributed by atoms with E-state index in [0.29, 0.717) is 12.2 Å². The molecule has 3 rings (SSSR count). The summed E-state index contributed by atoms with van der Waals surface area (Å²) in [5, 5.41) is 1.95. The molecule has 0 radical (unpaired) electrons. The van der Waals surface area contributed by atoms with Crippen LogP contribution >= 0.6 is 0 Å². The van der Waals surface area contributed by atoms with E-state index in [2.05, 4.69) is 4.98 Å². The van der Waals surface area contributed by atoms with Crippen molar-refractivity contribution >= 4 is 16.6 Å². The van der Waals surface area contributed by atoms with Crippen LogP contribution in [0, 0.1) is 0 Å². The number of hydrogen-bond donors (Lipinski definition) is 0. The normalized spacial score (nSPS) is 23.4. The van der Waals surface area contributed by atoms with Gasteiger partial charge in [-0.2, -0.15) is 0 Å². The molecular formula is C16H17NO2. The zero-order chi connectivity index (χ0) is 13.3. The summed E-state index contributed by atoms with van der Waals surface area (Å²) in [6.07, 6.45) is 6.32. The van der Waals surface area contributed by atoms with Crippen LogP contribution in [0.4, 0.5) is 0 Å². The van der Waals surface area contributed by atoms with Crippen LogP contribution in [0.15, 0.2) is 36.7 Å². The van der Waals surface area contributed by atoms with Gasteiger partial charge in [0, 0.05) is 30.0 Å². The number of carbonyl (C=O) groups excluding carboxylic acids is 1. The van der Waals surface area contributed by atoms with Crippen molar-refractivity contribution in [2.75, 3.05) is 6.61 Å². The Morgan fingerprint density at radius 3 is 2.89 bits per heavy atom. The third kappa shape index (κ3) is 2.15. The van der Waals surface area contributed by atoms with Crippen molar-refractivity contribution < 1.29 is 9.53 Å². The summed E-state index contributed by atoms with van der Waals surface area (Å²) in [4.78, 5) is 17.0. The molecule has 0 saturated carbocycles. The number of hydrogen-bond acceptors (Lipinski definition) is 3. The van der Waals surface area contributed by atoms with Gasteiger partial charge >= 0.3 is 0 Å². The molecule has 0 spiro atoms. The first-order chi connectivity index (χ1) is 9.21. The zero-order valence-corrected chi connectivity index (χ0v) is 11.1. The fraction of sp³-hybridized carbons (Fsp3) is 0.375. The van der Waals surface area contributed by atoms with Gasteiger partial charge in [-0.1, -0.05) is 24.3 Å². The van der Waals surface area contributed by atoms with Crippen molar-refractivity contribution in [1.29, 1.82) is 0 Å². The van der Waals surface area contributed by atoms with Gasteiger partial charge in [0.05, 0.1) is 0 Å². The topological polar surface area (TPSA) is 39.2 Å². The molecule has 1 aromatic heterocycles. The quantitative estimate of drug-likeness (QED) is 0.772. The van der Waals surface area contributed by atoms with E-state index in [9.17, 15) is 4.79 Å². The van der Waals surface area contributed by atoms with Crippen LogP contribution in [0.3, 0.4) is 0 Å². The number of ether oxygens (including phenoxy) is 1. The average Bonchev–Trinajstić information content (AvgIpc) is 2.47. The lowest BCUT2D eigenvalue weighted by Gasteiger charge is -2.32. The first kappa shape index (κ1) is 12.3. The maximum absolute atomic E-state index is 12.8. The van der Waals surface area contributed by atoms with Crippen molar-refractivity contribution in [3.05, 3.63) is 42.2 Å². The molecule has 0 amide bonds. The average molecular weight is 255 g/mol. The van der Waals surface area contributed by atoms with Gasteiger partial charge in [0.25, 0.3) is 0 Å². The van der Waals surface area contributed by atoms with Crippen molar-refractivity contribution in [3.8, 4) is 0 Å². The maximum atomic E-state index is 12.8. The van der Waals surface area contributed by atoms with E-state index in [-0.39, 0.29) is 5.78 Å². The van der Waals surface area contributed by atoms with E-state index in [1.807, 2.05) is 31.2 Å². The van der Waals surface area contributed by atoms with Gasteiger partial charge in [0.2, 0.25) is 0 Å². The molecule has 98 valence electrons. The number of rotatable bonds is 2. The lowest BCUT2D eigenvalue weighted by atomic mass is 9.87. The predicted octanol–water partition coefficient (Wildman–Crippen LogP) is 3.38. The van der Waals surface area contributed by atoms with Crippen LogP contribution in [0.1, 0.15) is 36.5 Å². The molecule has 0 aliphatic carbocycles. The lowest BCUT2D eigenvalue weighted by Crippen LogP contribution is -2.41. The van der Waals surface area contributed by atoms with E-state index < -0.39 is 5.60 Å². The van der Waals surface area contributed by atoms with Crippen LogP contribution in [0.25, 0.3) is 10.8 Å². The van der Waals surface area contributed by atoms with Crippen molar-refractivity contribution in [3.63, 3.8) is 0 Å². The Hall–Kier alpha value is -1.74. The van der Waals surface area contributed by atoms with Gasteiger partial charge in [0.1, 0.15) is 5.60 Å². The van der Waals surface area contributed by atoms with Crippen LogP contribution in [0.2, 0.25) is 0 Å². The van der Waals surface area contributed by atoms with Gasteiger partial charge in [-0.25, -0.2) is 0 Å². The monoisotopic (exact) mass is 255 g/mol. The minimum Gasteiger partial charge on any atom is -0.367 e. The molecule has 1 saturated heterocycles. The molecular weight excluding hydrogens is 238 g/mol. The maximum Gasteiger partial charge on any atom is 0.196 e. The van der Waals surface area contributed by atoms with Crippen LogP contribution in [-0.4, -0.2) is 23.0 Å². The van der Waals surface area contributed by atoms with Gasteiger partial charge in [0.15, 0.2) is 5.78 Å². The van der Waals surface area contributed by atoms with E-state index in [4.69, 9.17) is 4.74 Å². The second kappa shape index (κ2) is 4.74. The fourth-order valence-electron chi connectivity index (χ4n) is 2.70. The van der Waals surface area contributed by atoms with Crippen LogP contribution < -0.4 is 0 Å². The smallest absolute Gasteiger partial charge is 0.196 e. The summed E-state index contributed by atoms with van der Waals surface area (Å²) in [7, 11) is 0. The number of ketones is 1. The van der Waals surface area contributed by atoms with E-state index in [1.165, 1.54) is 0 Å². The first-order valence-electron chi connectivity index (χ1n) is 6.72. The minimum absolute atomic E-state index is 0.0523. The number of carbonyl (C=O) groups is 1. The molecule has 2 heterocycles. The summed E-state index contributed by atoms with van der Waals surface area (Å²) >= 11 is 0. The Morgan fingerprint density at radius 2 is 2.11 bits per heavy atom. The number of nitrogens with zero attached hydrogens (tertiary/aromatic N) is 1. The zero-order valence-electron chi connectivity index (χ0n) is 11.1. The van der Waals surface area contributed by atoms with Crippen LogP contribution in [0.5, 0.6) is 0 Å². The van der Waals surface area contributed by atoms with Gasteiger partial charge in [-0.05, 0) is 31.6 Å². The Kier molecular flexibility index (Phi) is 3.07. The molecule has 3 heteroatoms. The molecule has 1 aliphatic rings. The molecule has 0 bridgehead atoms.